The van der Waals surface area contributed by atoms with E-state index in [0.29, 0.717) is 6.54 Å². The molecule has 84 valence electrons. The highest BCUT2D eigenvalue weighted by molar-refractivity contribution is 7.88. The van der Waals surface area contributed by atoms with Gasteiger partial charge in [-0.15, -0.1) is 0 Å². The Kier molecular flexibility index (Phi) is 3.77. The molecule has 0 aromatic carbocycles. The van der Waals surface area contributed by atoms with Gasteiger partial charge in [0, 0.05) is 25.4 Å². The average molecular weight is 249 g/mol. The molecular formula is C7H11N3O3S2. The summed E-state index contributed by atoms with van der Waals surface area (Å²) in [4.78, 5) is 13.3. The van der Waals surface area contributed by atoms with Gasteiger partial charge in [0.25, 0.3) is 5.56 Å². The number of rotatable bonds is 4. The third kappa shape index (κ3) is 4.36. The van der Waals surface area contributed by atoms with Gasteiger partial charge in [0.05, 0.1) is 6.26 Å². The summed E-state index contributed by atoms with van der Waals surface area (Å²) in [5.74, 6) is 0. The molecule has 0 aliphatic carbocycles. The van der Waals surface area contributed by atoms with Crippen molar-refractivity contribution in [2.75, 3.05) is 12.8 Å². The molecule has 1 rings (SSSR count). The Labute approximate surface area is 92.0 Å². The second-order valence-electron chi connectivity index (χ2n) is 2.97. The average Bonchev–Trinajstić information content (AvgIpc) is 2.07. The van der Waals surface area contributed by atoms with Crippen molar-refractivity contribution in [1.82, 2.24) is 14.3 Å². The van der Waals surface area contributed by atoms with E-state index in [0.717, 1.165) is 6.26 Å². The van der Waals surface area contributed by atoms with E-state index in [-0.39, 0.29) is 16.9 Å². The van der Waals surface area contributed by atoms with E-state index in [1.807, 2.05) is 0 Å². The van der Waals surface area contributed by atoms with Crippen LogP contribution in [-0.4, -0.2) is 30.8 Å². The largest absolute Gasteiger partial charge is 0.324 e. The molecule has 6 nitrogen and oxygen atoms in total. The Morgan fingerprint density at radius 2 is 2.27 bits per heavy atom. The van der Waals surface area contributed by atoms with Gasteiger partial charge in [-0.2, -0.15) is 0 Å². The molecular weight excluding hydrogens is 238 g/mol. The van der Waals surface area contributed by atoms with Crippen LogP contribution in [0.5, 0.6) is 0 Å². The fourth-order valence-corrected chi connectivity index (χ4v) is 1.69. The Morgan fingerprint density at radius 1 is 1.60 bits per heavy atom. The van der Waals surface area contributed by atoms with Crippen LogP contribution in [0.1, 0.15) is 0 Å². The second kappa shape index (κ2) is 4.69. The molecule has 0 radical (unpaired) electrons. The lowest BCUT2D eigenvalue weighted by molar-refractivity contribution is 0.575. The van der Waals surface area contributed by atoms with Crippen LogP contribution in [0.25, 0.3) is 0 Å². The standard InChI is InChI=1S/C7H11N3O3S2/c1-15(12,13)8-3-5-10-4-2-6(11)9-7(10)14/h2,4,8H,3,5H2,1H3,(H,9,11,14). The third-order valence-corrected chi connectivity index (χ3v) is 2.68. The smallest absolute Gasteiger partial charge is 0.251 e. The van der Waals surface area contributed by atoms with Crippen molar-refractivity contribution in [3.63, 3.8) is 0 Å². The number of sulfonamides is 1. The number of nitrogens with zero attached hydrogens (tertiary/aromatic N) is 1. The van der Waals surface area contributed by atoms with Crippen LogP contribution >= 0.6 is 12.2 Å². The van der Waals surface area contributed by atoms with Gasteiger partial charge < -0.3 is 4.57 Å². The summed E-state index contributed by atoms with van der Waals surface area (Å²) in [6.07, 6.45) is 2.60. The van der Waals surface area contributed by atoms with Crippen LogP contribution in [0, 0.1) is 4.77 Å². The third-order valence-electron chi connectivity index (χ3n) is 1.61. The van der Waals surface area contributed by atoms with Crippen molar-refractivity contribution >= 4 is 22.2 Å². The van der Waals surface area contributed by atoms with E-state index in [1.165, 1.54) is 12.3 Å². The summed E-state index contributed by atoms with van der Waals surface area (Å²) in [5, 5.41) is 0. The van der Waals surface area contributed by atoms with Crippen LogP contribution in [0.3, 0.4) is 0 Å². The van der Waals surface area contributed by atoms with Gasteiger partial charge in [-0.25, -0.2) is 13.1 Å². The maximum absolute atomic E-state index is 10.8. The molecule has 2 N–H and O–H groups in total. The summed E-state index contributed by atoms with van der Waals surface area (Å²) in [6.45, 7) is 0.613. The van der Waals surface area contributed by atoms with Crippen molar-refractivity contribution in [2.45, 2.75) is 6.54 Å². The lowest BCUT2D eigenvalue weighted by atomic mass is 10.6. The number of nitrogens with one attached hydrogen (secondary N) is 2. The zero-order valence-electron chi connectivity index (χ0n) is 8.06. The molecule has 0 saturated heterocycles. The molecule has 0 saturated carbocycles. The van der Waals surface area contributed by atoms with E-state index >= 15 is 0 Å². The fourth-order valence-electron chi connectivity index (χ4n) is 0.972. The van der Waals surface area contributed by atoms with E-state index in [2.05, 4.69) is 9.71 Å². The van der Waals surface area contributed by atoms with Crippen molar-refractivity contribution < 1.29 is 8.42 Å². The van der Waals surface area contributed by atoms with E-state index in [9.17, 15) is 13.2 Å². The first-order valence-corrected chi connectivity index (χ1v) is 6.43. The van der Waals surface area contributed by atoms with E-state index in [1.54, 1.807) is 4.57 Å². The zero-order valence-corrected chi connectivity index (χ0v) is 9.69. The van der Waals surface area contributed by atoms with E-state index < -0.39 is 10.0 Å². The van der Waals surface area contributed by atoms with Crippen molar-refractivity contribution in [3.8, 4) is 0 Å². The molecule has 0 fully saturated rings. The number of aromatic amines is 1. The molecule has 1 aromatic heterocycles. The second-order valence-corrected chi connectivity index (χ2v) is 5.19. The van der Waals surface area contributed by atoms with Gasteiger partial charge in [-0.05, 0) is 12.2 Å². The highest BCUT2D eigenvalue weighted by Crippen LogP contribution is 1.86. The lowest BCUT2D eigenvalue weighted by Gasteiger charge is -2.05. The van der Waals surface area contributed by atoms with Gasteiger partial charge >= 0.3 is 0 Å². The predicted molar refractivity (Wildman–Crippen MR) is 58.7 cm³/mol. The number of aromatic nitrogens is 2. The number of hydrogen-bond acceptors (Lipinski definition) is 4. The van der Waals surface area contributed by atoms with Crippen molar-refractivity contribution in [2.24, 2.45) is 0 Å². The summed E-state index contributed by atoms with van der Waals surface area (Å²) < 4.78 is 25.7. The highest BCUT2D eigenvalue weighted by atomic mass is 32.2. The first kappa shape index (κ1) is 12.1. The molecule has 8 heteroatoms. The molecule has 1 heterocycles. The van der Waals surface area contributed by atoms with Crippen molar-refractivity contribution in [3.05, 3.63) is 27.4 Å². The minimum absolute atomic E-state index is 0.235. The summed E-state index contributed by atoms with van der Waals surface area (Å²) in [6, 6.07) is 1.33. The predicted octanol–water partition coefficient (Wildman–Crippen LogP) is -0.545. The Balaban J connectivity index is 2.67. The zero-order chi connectivity index (χ0) is 11.5. The molecule has 0 atom stereocenters. The monoisotopic (exact) mass is 249 g/mol. The SMILES string of the molecule is CS(=O)(=O)NCCn1ccc(=O)[nH]c1=S. The number of hydrogen-bond donors (Lipinski definition) is 2. The highest BCUT2D eigenvalue weighted by Gasteiger charge is 1.99. The summed E-state index contributed by atoms with van der Waals surface area (Å²) in [5.41, 5.74) is -0.271. The summed E-state index contributed by atoms with van der Waals surface area (Å²) in [7, 11) is -3.18. The number of H-pyrrole nitrogens is 1. The maximum atomic E-state index is 10.8. The van der Waals surface area contributed by atoms with Gasteiger partial charge in [0.1, 0.15) is 0 Å². The topological polar surface area (TPSA) is 84.0 Å². The Hall–Kier alpha value is -0.990. The van der Waals surface area contributed by atoms with Crippen LogP contribution < -0.4 is 10.3 Å². The maximum Gasteiger partial charge on any atom is 0.251 e. The van der Waals surface area contributed by atoms with Gasteiger partial charge in [-0.3, -0.25) is 9.78 Å². The lowest BCUT2D eigenvalue weighted by Crippen LogP contribution is -2.26. The van der Waals surface area contributed by atoms with Gasteiger partial charge in [-0.1, -0.05) is 0 Å². The van der Waals surface area contributed by atoms with Crippen molar-refractivity contribution in [1.29, 1.82) is 0 Å². The molecule has 0 amide bonds. The Morgan fingerprint density at radius 3 is 2.80 bits per heavy atom. The first-order valence-electron chi connectivity index (χ1n) is 4.13. The van der Waals surface area contributed by atoms with Gasteiger partial charge in [0.15, 0.2) is 4.77 Å². The first-order chi connectivity index (χ1) is 6.88. The molecule has 0 bridgehead atoms. The van der Waals surface area contributed by atoms with Crippen LogP contribution in [0.4, 0.5) is 0 Å². The Bertz CT molecular complexity index is 543. The minimum atomic E-state index is -3.18. The molecule has 15 heavy (non-hydrogen) atoms. The summed E-state index contributed by atoms with van der Waals surface area (Å²) >= 11 is 4.88. The molecule has 0 aliphatic heterocycles. The molecule has 0 spiro atoms. The fraction of sp³-hybridized carbons (Fsp3) is 0.429. The molecule has 1 aromatic rings. The van der Waals surface area contributed by atoms with E-state index in [4.69, 9.17) is 12.2 Å². The molecule has 0 aliphatic rings. The minimum Gasteiger partial charge on any atom is -0.324 e. The normalized spacial score (nSPS) is 11.5. The van der Waals surface area contributed by atoms with Crippen LogP contribution in [-0.2, 0) is 16.6 Å². The van der Waals surface area contributed by atoms with Crippen LogP contribution in [0.2, 0.25) is 0 Å². The van der Waals surface area contributed by atoms with Gasteiger partial charge in [0.2, 0.25) is 10.0 Å². The quantitative estimate of drug-likeness (QED) is 0.702. The van der Waals surface area contributed by atoms with Crippen LogP contribution in [0.15, 0.2) is 17.1 Å². The molecule has 0 unspecified atom stereocenters.